The number of likely N-dealkylation sites (tertiary alicyclic amines) is 1. The van der Waals surface area contributed by atoms with Gasteiger partial charge >= 0.3 is 5.97 Å². The Kier molecular flexibility index (Phi) is 5.41. The first-order valence-electron chi connectivity index (χ1n) is 7.98. The van der Waals surface area contributed by atoms with E-state index in [1.165, 1.54) is 0 Å². The van der Waals surface area contributed by atoms with Gasteiger partial charge in [0.2, 0.25) is 0 Å². The molecule has 1 saturated heterocycles. The van der Waals surface area contributed by atoms with Crippen LogP contribution in [0.2, 0.25) is 0 Å². The third kappa shape index (κ3) is 3.55. The van der Waals surface area contributed by atoms with Gasteiger partial charge in [0, 0.05) is 33.9 Å². The van der Waals surface area contributed by atoms with Gasteiger partial charge in [-0.05, 0) is 31.7 Å². The summed E-state index contributed by atoms with van der Waals surface area (Å²) in [7, 11) is 3.30. The van der Waals surface area contributed by atoms with Crippen LogP contribution in [-0.4, -0.2) is 58.5 Å². The molecule has 0 aromatic carbocycles. The molecule has 0 spiro atoms. The summed E-state index contributed by atoms with van der Waals surface area (Å²) in [5.41, 5.74) is 0.447. The highest BCUT2D eigenvalue weighted by atomic mass is 16.5. The Hall–Kier alpha value is -1.89. The van der Waals surface area contributed by atoms with E-state index in [9.17, 15) is 14.7 Å². The average Bonchev–Trinajstić information content (AvgIpc) is 2.93. The molecule has 0 radical (unpaired) electrons. The Morgan fingerprint density at radius 1 is 1.48 bits per heavy atom. The van der Waals surface area contributed by atoms with Crippen LogP contribution >= 0.6 is 0 Å². The lowest BCUT2D eigenvalue weighted by Crippen LogP contribution is -2.50. The van der Waals surface area contributed by atoms with E-state index in [-0.39, 0.29) is 12.5 Å². The number of aryl methyl sites for hydroxylation is 2. The molecule has 2 rings (SSSR count). The highest BCUT2D eigenvalue weighted by Crippen LogP contribution is 2.34. The molecule has 2 heterocycles. The van der Waals surface area contributed by atoms with Crippen molar-refractivity contribution in [1.82, 2.24) is 14.7 Å². The zero-order valence-electron chi connectivity index (χ0n) is 14.0. The molecule has 1 atom stereocenters. The van der Waals surface area contributed by atoms with Crippen LogP contribution in [0.4, 0.5) is 0 Å². The molecule has 0 saturated carbocycles. The number of carbonyl (C=O) groups excluding carboxylic acids is 1. The van der Waals surface area contributed by atoms with Crippen LogP contribution < -0.4 is 0 Å². The van der Waals surface area contributed by atoms with E-state index in [0.29, 0.717) is 38.1 Å². The molecule has 1 N–H and O–H groups in total. The number of hydrogen-bond donors (Lipinski definition) is 1. The number of nitrogens with zero attached hydrogens (tertiary/aromatic N) is 3. The molecule has 7 heteroatoms. The maximum absolute atomic E-state index is 12.8. The summed E-state index contributed by atoms with van der Waals surface area (Å²) in [6, 6.07) is 1.79. The third-order valence-electron chi connectivity index (χ3n) is 4.61. The lowest BCUT2D eigenvalue weighted by molar-refractivity contribution is -0.153. The van der Waals surface area contributed by atoms with E-state index in [2.05, 4.69) is 5.10 Å². The van der Waals surface area contributed by atoms with Gasteiger partial charge in [-0.2, -0.15) is 5.10 Å². The normalized spacial score (nSPS) is 21.4. The molecular formula is C16H25N3O4. The Morgan fingerprint density at radius 3 is 2.78 bits per heavy atom. The number of ether oxygens (including phenoxy) is 1. The lowest BCUT2D eigenvalue weighted by atomic mass is 9.77. The zero-order valence-corrected chi connectivity index (χ0v) is 14.0. The molecular weight excluding hydrogens is 298 g/mol. The average molecular weight is 323 g/mol. The van der Waals surface area contributed by atoms with Gasteiger partial charge in [0.05, 0.1) is 11.1 Å². The Labute approximate surface area is 136 Å². The first-order valence-corrected chi connectivity index (χ1v) is 7.98. The minimum absolute atomic E-state index is 0.151. The second-order valence-corrected chi connectivity index (χ2v) is 6.16. The Morgan fingerprint density at radius 2 is 2.22 bits per heavy atom. The number of aliphatic carboxylic acids is 1. The van der Waals surface area contributed by atoms with Gasteiger partial charge < -0.3 is 14.7 Å². The van der Waals surface area contributed by atoms with Gasteiger partial charge in [-0.3, -0.25) is 14.3 Å². The minimum atomic E-state index is -0.921. The molecule has 0 bridgehead atoms. The number of aromatic nitrogens is 2. The number of hydrogen-bond acceptors (Lipinski definition) is 4. The van der Waals surface area contributed by atoms with Gasteiger partial charge in [-0.15, -0.1) is 0 Å². The number of rotatable bonds is 6. The maximum Gasteiger partial charge on any atom is 0.311 e. The van der Waals surface area contributed by atoms with E-state index in [1.54, 1.807) is 29.8 Å². The molecule has 1 amide bonds. The van der Waals surface area contributed by atoms with Gasteiger partial charge in [-0.25, -0.2) is 0 Å². The first kappa shape index (κ1) is 17.5. The SMILES string of the molecule is CCc1cc(C(=O)N2CCCC(CCOC)(C(=O)O)C2)n(C)n1. The van der Waals surface area contributed by atoms with E-state index in [0.717, 1.165) is 12.1 Å². The van der Waals surface area contributed by atoms with Gasteiger partial charge in [-0.1, -0.05) is 6.92 Å². The summed E-state index contributed by atoms with van der Waals surface area (Å²) in [5, 5.41) is 14.0. The van der Waals surface area contributed by atoms with Gasteiger partial charge in [0.1, 0.15) is 5.69 Å². The van der Waals surface area contributed by atoms with Crippen molar-refractivity contribution < 1.29 is 19.4 Å². The van der Waals surface area contributed by atoms with E-state index >= 15 is 0 Å². The fraction of sp³-hybridized carbons (Fsp3) is 0.688. The molecule has 1 aliphatic rings. The number of methoxy groups -OCH3 is 1. The summed E-state index contributed by atoms with van der Waals surface area (Å²) < 4.78 is 6.63. The minimum Gasteiger partial charge on any atom is -0.481 e. The van der Waals surface area contributed by atoms with Crippen LogP contribution in [0.5, 0.6) is 0 Å². The third-order valence-corrected chi connectivity index (χ3v) is 4.61. The predicted molar refractivity (Wildman–Crippen MR) is 84.3 cm³/mol. The number of carboxylic acid groups (broad SMARTS) is 1. The molecule has 1 aromatic rings. The standard InChI is InChI=1S/C16H25N3O4/c1-4-12-10-13(18(2)17-12)14(20)19-8-5-6-16(11-19,15(21)22)7-9-23-3/h10H,4-9,11H2,1-3H3,(H,21,22). The molecule has 1 fully saturated rings. The number of carboxylic acids is 1. The summed E-state index contributed by atoms with van der Waals surface area (Å²) in [6.45, 7) is 3.16. The smallest absolute Gasteiger partial charge is 0.311 e. The van der Waals surface area contributed by atoms with Crippen LogP contribution in [0.1, 0.15) is 42.4 Å². The van der Waals surface area contributed by atoms with Crippen LogP contribution in [0.15, 0.2) is 6.07 Å². The van der Waals surface area contributed by atoms with Crippen molar-refractivity contribution in [3.05, 3.63) is 17.5 Å². The molecule has 0 aliphatic carbocycles. The van der Waals surface area contributed by atoms with Crippen molar-refractivity contribution in [3.8, 4) is 0 Å². The van der Waals surface area contributed by atoms with E-state index < -0.39 is 11.4 Å². The van der Waals surface area contributed by atoms with Gasteiger partial charge in [0.15, 0.2) is 0 Å². The number of piperidine rings is 1. The lowest BCUT2D eigenvalue weighted by Gasteiger charge is -2.39. The summed E-state index contributed by atoms with van der Waals surface area (Å²) in [4.78, 5) is 26.2. The van der Waals surface area contributed by atoms with Crippen LogP contribution in [0.3, 0.4) is 0 Å². The Balaban J connectivity index is 2.20. The monoisotopic (exact) mass is 323 g/mol. The zero-order chi connectivity index (χ0) is 17.0. The molecule has 1 unspecified atom stereocenters. The van der Waals surface area contributed by atoms with E-state index in [1.807, 2.05) is 6.92 Å². The first-order chi connectivity index (χ1) is 10.9. The van der Waals surface area contributed by atoms with Crippen molar-refractivity contribution >= 4 is 11.9 Å². The molecule has 1 aliphatic heterocycles. The largest absolute Gasteiger partial charge is 0.481 e. The highest BCUT2D eigenvalue weighted by molar-refractivity contribution is 5.93. The van der Waals surface area contributed by atoms with Crippen molar-refractivity contribution in [3.63, 3.8) is 0 Å². The maximum atomic E-state index is 12.8. The number of amides is 1. The number of carbonyl (C=O) groups is 2. The molecule has 23 heavy (non-hydrogen) atoms. The second-order valence-electron chi connectivity index (χ2n) is 6.16. The fourth-order valence-corrected chi connectivity index (χ4v) is 3.15. The second kappa shape index (κ2) is 7.12. The van der Waals surface area contributed by atoms with Crippen LogP contribution in [-0.2, 0) is 23.0 Å². The van der Waals surface area contributed by atoms with Gasteiger partial charge in [0.25, 0.3) is 5.91 Å². The van der Waals surface area contributed by atoms with Crippen molar-refractivity contribution in [2.75, 3.05) is 26.8 Å². The van der Waals surface area contributed by atoms with Crippen molar-refractivity contribution in [2.45, 2.75) is 32.6 Å². The summed E-state index contributed by atoms with van der Waals surface area (Å²) >= 11 is 0. The van der Waals surface area contributed by atoms with E-state index in [4.69, 9.17) is 4.74 Å². The van der Waals surface area contributed by atoms with Crippen LogP contribution in [0.25, 0.3) is 0 Å². The molecule has 7 nitrogen and oxygen atoms in total. The summed E-state index contributed by atoms with van der Waals surface area (Å²) in [6.07, 6.45) is 2.42. The predicted octanol–water partition coefficient (Wildman–Crippen LogP) is 1.33. The molecule has 128 valence electrons. The van der Waals surface area contributed by atoms with Crippen LogP contribution in [0, 0.1) is 5.41 Å². The van der Waals surface area contributed by atoms with Crippen molar-refractivity contribution in [1.29, 1.82) is 0 Å². The van der Waals surface area contributed by atoms with Crippen molar-refractivity contribution in [2.24, 2.45) is 12.5 Å². The topological polar surface area (TPSA) is 84.7 Å². The fourth-order valence-electron chi connectivity index (χ4n) is 3.15. The molecule has 1 aromatic heterocycles. The summed E-state index contributed by atoms with van der Waals surface area (Å²) in [5.74, 6) is -1.01. The highest BCUT2D eigenvalue weighted by Gasteiger charge is 2.43. The Bertz CT molecular complexity index is 584. The quantitative estimate of drug-likeness (QED) is 0.853.